The molecule has 0 aliphatic carbocycles. The molecule has 2 amide bonds. The number of esters is 2. The van der Waals surface area contributed by atoms with Crippen LogP contribution in [0.5, 0.6) is 17.2 Å². The molecule has 0 radical (unpaired) electrons. The van der Waals surface area contributed by atoms with Gasteiger partial charge in [-0.25, -0.2) is 9.59 Å². The summed E-state index contributed by atoms with van der Waals surface area (Å²) in [7, 11) is 0. The summed E-state index contributed by atoms with van der Waals surface area (Å²) < 4.78 is 21.8. The number of benzene rings is 3. The van der Waals surface area contributed by atoms with Crippen LogP contribution in [0.2, 0.25) is 0 Å². The summed E-state index contributed by atoms with van der Waals surface area (Å²) in [6.07, 6.45) is 3.52. The van der Waals surface area contributed by atoms with E-state index in [0.717, 1.165) is 16.7 Å². The highest BCUT2D eigenvalue weighted by Crippen LogP contribution is 2.27. The number of amides is 2. The third kappa shape index (κ3) is 8.65. The number of ether oxygens (including phenoxy) is 4. The first-order chi connectivity index (χ1) is 21.2. The second-order valence-electron chi connectivity index (χ2n) is 9.88. The zero-order valence-electron chi connectivity index (χ0n) is 24.3. The molecule has 3 aromatic rings. The van der Waals surface area contributed by atoms with Gasteiger partial charge >= 0.3 is 11.9 Å². The zero-order valence-corrected chi connectivity index (χ0v) is 24.3. The molecule has 0 atom stereocenters. The number of aliphatic hydroxyl groups excluding tert-OH is 1. The highest BCUT2D eigenvalue weighted by molar-refractivity contribution is 6.12. The van der Waals surface area contributed by atoms with Crippen LogP contribution in [0.15, 0.2) is 91.0 Å². The number of nitrogens with zero attached hydrogens (tertiary/aromatic N) is 1. The van der Waals surface area contributed by atoms with E-state index < -0.39 is 18.5 Å². The van der Waals surface area contributed by atoms with Crippen LogP contribution in [-0.4, -0.2) is 66.7 Å². The Bertz CT molecular complexity index is 1520. The lowest BCUT2D eigenvalue weighted by Gasteiger charge is -2.14. The van der Waals surface area contributed by atoms with E-state index in [1.54, 1.807) is 36.4 Å². The molecule has 0 unspecified atom stereocenters. The van der Waals surface area contributed by atoms with Crippen LogP contribution < -0.4 is 14.2 Å². The molecule has 228 valence electrons. The Labute approximate surface area is 255 Å². The number of carbonyl (C=O) groups excluding carboxylic acids is 4. The quantitative estimate of drug-likeness (QED) is 0.0887. The standard InChI is InChI=1S/C34H33NO9/c1-23-21-26(34(40)44-29-12-10-28(11-13-29)42-19-4-20-43-33(39)24(2)22-36)7-14-30(23)25-5-8-27(9-6-25)41-18-3-17-35-31(37)15-16-32(35)38/h5-16,21,36H,2-4,17-20,22H2,1H3. The first-order valence-electron chi connectivity index (χ1n) is 14.0. The van der Waals surface area contributed by atoms with Crippen molar-refractivity contribution in [2.24, 2.45) is 0 Å². The smallest absolute Gasteiger partial charge is 0.343 e. The fourth-order valence-electron chi connectivity index (χ4n) is 4.26. The third-order valence-electron chi connectivity index (χ3n) is 6.63. The van der Waals surface area contributed by atoms with Crippen LogP contribution >= 0.6 is 0 Å². The van der Waals surface area contributed by atoms with Crippen LogP contribution in [0.25, 0.3) is 11.1 Å². The highest BCUT2D eigenvalue weighted by atomic mass is 16.5. The lowest BCUT2D eigenvalue weighted by molar-refractivity contribution is -0.140. The molecule has 1 heterocycles. The second-order valence-corrected chi connectivity index (χ2v) is 9.88. The van der Waals surface area contributed by atoms with Crippen LogP contribution in [0, 0.1) is 6.92 Å². The molecule has 10 nitrogen and oxygen atoms in total. The van der Waals surface area contributed by atoms with Gasteiger partial charge in [-0.15, -0.1) is 0 Å². The van der Waals surface area contributed by atoms with Crippen LogP contribution in [0.1, 0.15) is 28.8 Å². The molecule has 0 aromatic heterocycles. The Morgan fingerprint density at radius 2 is 1.39 bits per heavy atom. The van der Waals surface area contributed by atoms with E-state index in [2.05, 4.69) is 6.58 Å². The summed E-state index contributed by atoms with van der Waals surface area (Å²) in [5, 5.41) is 8.86. The van der Waals surface area contributed by atoms with E-state index >= 15 is 0 Å². The predicted octanol–water partition coefficient (Wildman–Crippen LogP) is 4.44. The van der Waals surface area contributed by atoms with Crippen molar-refractivity contribution in [2.45, 2.75) is 19.8 Å². The summed E-state index contributed by atoms with van der Waals surface area (Å²) in [6, 6.07) is 19.5. The van der Waals surface area contributed by atoms with Crippen molar-refractivity contribution in [3.8, 4) is 28.4 Å². The molecule has 3 aromatic carbocycles. The zero-order chi connectivity index (χ0) is 31.5. The highest BCUT2D eigenvalue weighted by Gasteiger charge is 2.22. The first-order valence-corrected chi connectivity index (χ1v) is 14.0. The van der Waals surface area contributed by atoms with Crippen LogP contribution in [0.4, 0.5) is 0 Å². The Balaban J connectivity index is 1.22. The summed E-state index contributed by atoms with van der Waals surface area (Å²) >= 11 is 0. The number of aliphatic hydroxyl groups is 1. The minimum Gasteiger partial charge on any atom is -0.494 e. The van der Waals surface area contributed by atoms with Gasteiger partial charge in [0.2, 0.25) is 0 Å². The molecule has 10 heteroatoms. The van der Waals surface area contributed by atoms with Crippen molar-refractivity contribution in [1.29, 1.82) is 0 Å². The molecule has 44 heavy (non-hydrogen) atoms. The summed E-state index contributed by atoms with van der Waals surface area (Å²) in [5.74, 6) is -0.111. The van der Waals surface area contributed by atoms with E-state index in [1.807, 2.05) is 37.3 Å². The molecule has 4 rings (SSSR count). The molecule has 0 bridgehead atoms. The molecule has 1 aliphatic heterocycles. The number of rotatable bonds is 15. The average Bonchev–Trinajstić information content (AvgIpc) is 3.35. The first kappa shape index (κ1) is 31.7. The number of imide groups is 1. The van der Waals surface area contributed by atoms with E-state index in [-0.39, 0.29) is 24.0 Å². The molecule has 0 fully saturated rings. The number of aryl methyl sites for hydroxylation is 1. The minimum absolute atomic E-state index is 0.000117. The van der Waals surface area contributed by atoms with Gasteiger partial charge in [-0.1, -0.05) is 24.8 Å². The van der Waals surface area contributed by atoms with Gasteiger partial charge in [0.15, 0.2) is 0 Å². The van der Waals surface area contributed by atoms with E-state index in [9.17, 15) is 19.2 Å². The van der Waals surface area contributed by atoms with Gasteiger partial charge in [0.05, 0.1) is 37.6 Å². The Morgan fingerprint density at radius 3 is 2.00 bits per heavy atom. The maximum atomic E-state index is 12.8. The molecule has 0 saturated heterocycles. The van der Waals surface area contributed by atoms with Gasteiger partial charge in [0.25, 0.3) is 11.8 Å². The largest absolute Gasteiger partial charge is 0.494 e. The van der Waals surface area contributed by atoms with Crippen molar-refractivity contribution in [1.82, 2.24) is 4.90 Å². The van der Waals surface area contributed by atoms with E-state index in [4.69, 9.17) is 24.1 Å². The summed E-state index contributed by atoms with van der Waals surface area (Å²) in [6.45, 7) is 6.00. The number of carbonyl (C=O) groups is 4. The fourth-order valence-corrected chi connectivity index (χ4v) is 4.26. The van der Waals surface area contributed by atoms with Crippen molar-refractivity contribution >= 4 is 23.8 Å². The maximum absolute atomic E-state index is 12.8. The molecule has 0 saturated carbocycles. The molecule has 1 aliphatic rings. The summed E-state index contributed by atoms with van der Waals surface area (Å²) in [5.41, 5.74) is 3.23. The van der Waals surface area contributed by atoms with E-state index in [1.165, 1.54) is 17.1 Å². The molecular formula is C34H33NO9. The van der Waals surface area contributed by atoms with Gasteiger partial charge in [-0.3, -0.25) is 14.5 Å². The van der Waals surface area contributed by atoms with Crippen molar-refractivity contribution in [3.63, 3.8) is 0 Å². The third-order valence-corrected chi connectivity index (χ3v) is 6.63. The average molecular weight is 600 g/mol. The Kier molecular flexibility index (Phi) is 11.0. The van der Waals surface area contributed by atoms with Crippen LogP contribution in [-0.2, 0) is 19.1 Å². The van der Waals surface area contributed by atoms with Gasteiger partial charge in [0.1, 0.15) is 17.2 Å². The number of hydrogen-bond donors (Lipinski definition) is 1. The second kappa shape index (κ2) is 15.3. The Morgan fingerprint density at radius 1 is 0.795 bits per heavy atom. The lowest BCUT2D eigenvalue weighted by atomic mass is 9.98. The van der Waals surface area contributed by atoms with Gasteiger partial charge in [0, 0.05) is 25.1 Å². The predicted molar refractivity (Wildman–Crippen MR) is 161 cm³/mol. The fraction of sp³-hybridized carbons (Fsp3) is 0.235. The van der Waals surface area contributed by atoms with Gasteiger partial charge in [-0.05, 0) is 78.6 Å². The molecule has 0 spiro atoms. The SMILES string of the molecule is C=C(CO)C(=O)OCCCOc1ccc(OC(=O)c2ccc(-c3ccc(OCCCN4C(=O)C=CC4=O)cc3)c(C)c2)cc1. The van der Waals surface area contributed by atoms with Crippen LogP contribution in [0.3, 0.4) is 0 Å². The van der Waals surface area contributed by atoms with E-state index in [0.29, 0.717) is 55.4 Å². The molecular weight excluding hydrogens is 566 g/mol. The normalized spacial score (nSPS) is 12.3. The monoisotopic (exact) mass is 599 g/mol. The van der Waals surface area contributed by atoms with Gasteiger partial charge < -0.3 is 24.1 Å². The van der Waals surface area contributed by atoms with Crippen molar-refractivity contribution < 1.29 is 43.2 Å². The molecule has 1 N–H and O–H groups in total. The minimum atomic E-state index is -0.636. The summed E-state index contributed by atoms with van der Waals surface area (Å²) in [4.78, 5) is 48.6. The van der Waals surface area contributed by atoms with Crippen molar-refractivity contribution in [3.05, 3.63) is 102 Å². The Hall–Kier alpha value is -5.22. The van der Waals surface area contributed by atoms with Gasteiger partial charge in [-0.2, -0.15) is 0 Å². The lowest BCUT2D eigenvalue weighted by Crippen LogP contribution is -2.31. The maximum Gasteiger partial charge on any atom is 0.343 e. The topological polar surface area (TPSA) is 129 Å². The number of hydrogen-bond acceptors (Lipinski definition) is 9. The van der Waals surface area contributed by atoms with Crippen molar-refractivity contribution in [2.75, 3.05) is 33.0 Å².